The average molecular weight is 315 g/mol. The zero-order valence-corrected chi connectivity index (χ0v) is 13.0. The molecule has 1 N–H and O–H groups in total. The van der Waals surface area contributed by atoms with E-state index in [0.717, 1.165) is 36.8 Å². The minimum absolute atomic E-state index is 0.107. The molecule has 0 radical (unpaired) electrons. The van der Waals surface area contributed by atoms with Gasteiger partial charge in [0.15, 0.2) is 6.10 Å². The van der Waals surface area contributed by atoms with Crippen LogP contribution < -0.4 is 0 Å². The molecule has 1 aromatic rings. The van der Waals surface area contributed by atoms with Crippen LogP contribution in [-0.2, 0) is 20.7 Å². The molecule has 5 heteroatoms. The second-order valence-electron chi connectivity index (χ2n) is 6.83. The SMILES string of the molecule is O=C(O)C1C2CCCC2CN1C(=O)C1OCCc2ccccc21. The molecule has 4 unspecified atom stereocenters. The first kappa shape index (κ1) is 14.7. The highest BCUT2D eigenvalue weighted by molar-refractivity contribution is 5.88. The standard InChI is InChI=1S/C18H21NO4/c20-17(16-14-6-2-1-4-11(14)8-9-23-16)19-10-12-5-3-7-13(12)15(19)18(21)22/h1-2,4,6,12-13,15-16H,3,5,7-10H2,(H,21,22). The summed E-state index contributed by atoms with van der Waals surface area (Å²) in [6, 6.07) is 7.12. The van der Waals surface area contributed by atoms with Gasteiger partial charge in [-0.2, -0.15) is 0 Å². The van der Waals surface area contributed by atoms with Crippen LogP contribution in [0.3, 0.4) is 0 Å². The van der Waals surface area contributed by atoms with E-state index in [4.69, 9.17) is 4.74 Å². The molecule has 23 heavy (non-hydrogen) atoms. The van der Waals surface area contributed by atoms with Gasteiger partial charge in [-0.25, -0.2) is 4.79 Å². The van der Waals surface area contributed by atoms with Crippen LogP contribution in [0.15, 0.2) is 24.3 Å². The van der Waals surface area contributed by atoms with E-state index in [1.165, 1.54) is 0 Å². The van der Waals surface area contributed by atoms with Gasteiger partial charge in [0.05, 0.1) is 6.61 Å². The third-order valence-electron chi connectivity index (χ3n) is 5.64. The zero-order chi connectivity index (χ0) is 16.0. The van der Waals surface area contributed by atoms with E-state index in [2.05, 4.69) is 0 Å². The maximum Gasteiger partial charge on any atom is 0.326 e. The lowest BCUT2D eigenvalue weighted by Crippen LogP contribution is -2.46. The maximum atomic E-state index is 13.0. The number of fused-ring (bicyclic) bond motifs is 2. The van der Waals surface area contributed by atoms with Crippen LogP contribution >= 0.6 is 0 Å². The van der Waals surface area contributed by atoms with Crippen molar-refractivity contribution in [2.75, 3.05) is 13.2 Å². The van der Waals surface area contributed by atoms with E-state index in [-0.39, 0.29) is 11.8 Å². The van der Waals surface area contributed by atoms with Crippen molar-refractivity contribution in [3.8, 4) is 0 Å². The number of amides is 1. The van der Waals surface area contributed by atoms with Crippen LogP contribution in [0, 0.1) is 11.8 Å². The van der Waals surface area contributed by atoms with Gasteiger partial charge in [-0.3, -0.25) is 4.79 Å². The summed E-state index contributed by atoms with van der Waals surface area (Å²) in [6.45, 7) is 1.06. The largest absolute Gasteiger partial charge is 0.480 e. The zero-order valence-electron chi connectivity index (χ0n) is 13.0. The Morgan fingerprint density at radius 1 is 1.22 bits per heavy atom. The van der Waals surface area contributed by atoms with Gasteiger partial charge in [-0.15, -0.1) is 0 Å². The van der Waals surface area contributed by atoms with Crippen LogP contribution in [0.5, 0.6) is 0 Å². The molecule has 1 saturated heterocycles. The smallest absolute Gasteiger partial charge is 0.326 e. The number of carboxylic acid groups (broad SMARTS) is 1. The molecule has 0 spiro atoms. The van der Waals surface area contributed by atoms with E-state index in [1.54, 1.807) is 4.90 Å². The number of benzene rings is 1. The Morgan fingerprint density at radius 3 is 2.87 bits per heavy atom. The Morgan fingerprint density at radius 2 is 2.04 bits per heavy atom. The van der Waals surface area contributed by atoms with E-state index in [0.29, 0.717) is 19.1 Å². The predicted molar refractivity (Wildman–Crippen MR) is 82.8 cm³/mol. The first-order valence-corrected chi connectivity index (χ1v) is 8.39. The normalized spacial score (nSPS) is 32.4. The molecule has 122 valence electrons. The molecule has 2 aliphatic heterocycles. The lowest BCUT2D eigenvalue weighted by Gasteiger charge is -2.31. The summed E-state index contributed by atoms with van der Waals surface area (Å²) in [7, 11) is 0. The first-order chi connectivity index (χ1) is 11.2. The average Bonchev–Trinajstić information content (AvgIpc) is 3.13. The van der Waals surface area contributed by atoms with E-state index < -0.39 is 18.1 Å². The summed E-state index contributed by atoms with van der Waals surface area (Å²) in [4.78, 5) is 26.4. The molecule has 2 fully saturated rings. The molecule has 5 nitrogen and oxygen atoms in total. The summed E-state index contributed by atoms with van der Waals surface area (Å²) >= 11 is 0. The first-order valence-electron chi connectivity index (χ1n) is 8.39. The van der Waals surface area contributed by atoms with Crippen LogP contribution in [0.25, 0.3) is 0 Å². The summed E-state index contributed by atoms with van der Waals surface area (Å²) in [5, 5.41) is 9.64. The number of nitrogens with zero attached hydrogens (tertiary/aromatic N) is 1. The Bertz CT molecular complexity index is 644. The lowest BCUT2D eigenvalue weighted by atomic mass is 9.93. The summed E-state index contributed by atoms with van der Waals surface area (Å²) in [6.07, 6.45) is 3.16. The molecule has 4 rings (SSSR count). The summed E-state index contributed by atoms with van der Waals surface area (Å²) in [5.41, 5.74) is 2.02. The van der Waals surface area contributed by atoms with E-state index in [9.17, 15) is 14.7 Å². The highest BCUT2D eigenvalue weighted by Gasteiger charge is 2.51. The van der Waals surface area contributed by atoms with Gasteiger partial charge in [-0.05, 0) is 42.2 Å². The Hall–Kier alpha value is -1.88. The molecule has 0 bridgehead atoms. The molecule has 4 atom stereocenters. The second-order valence-corrected chi connectivity index (χ2v) is 6.83. The van der Waals surface area contributed by atoms with Crippen LogP contribution in [0.1, 0.15) is 36.5 Å². The molecule has 0 aromatic heterocycles. The summed E-state index contributed by atoms with van der Waals surface area (Å²) < 4.78 is 5.74. The lowest BCUT2D eigenvalue weighted by molar-refractivity contribution is -0.156. The van der Waals surface area contributed by atoms with E-state index in [1.807, 2.05) is 24.3 Å². The fourth-order valence-electron chi connectivity index (χ4n) is 4.60. The van der Waals surface area contributed by atoms with E-state index >= 15 is 0 Å². The predicted octanol–water partition coefficient (Wildman–Crippen LogP) is 2.01. The van der Waals surface area contributed by atoms with Crippen molar-refractivity contribution in [2.24, 2.45) is 11.8 Å². The molecule has 1 aromatic carbocycles. The third kappa shape index (κ3) is 2.34. The van der Waals surface area contributed by atoms with Crippen molar-refractivity contribution in [3.63, 3.8) is 0 Å². The van der Waals surface area contributed by atoms with Crippen LogP contribution in [0.4, 0.5) is 0 Å². The number of carboxylic acids is 1. The third-order valence-corrected chi connectivity index (χ3v) is 5.64. The minimum atomic E-state index is -0.878. The van der Waals surface area contributed by atoms with Crippen molar-refractivity contribution in [3.05, 3.63) is 35.4 Å². The molecular weight excluding hydrogens is 294 g/mol. The number of carbonyl (C=O) groups excluding carboxylic acids is 1. The highest BCUT2D eigenvalue weighted by Crippen LogP contribution is 2.43. The molecule has 1 saturated carbocycles. The van der Waals surface area contributed by atoms with Crippen LogP contribution in [0.2, 0.25) is 0 Å². The minimum Gasteiger partial charge on any atom is -0.480 e. The number of rotatable bonds is 2. The van der Waals surface area contributed by atoms with Gasteiger partial charge < -0.3 is 14.7 Å². The Labute approximate surface area is 135 Å². The second kappa shape index (κ2) is 5.64. The van der Waals surface area contributed by atoms with Gasteiger partial charge in [0.25, 0.3) is 5.91 Å². The molecule has 2 heterocycles. The maximum absolute atomic E-state index is 13.0. The van der Waals surface area contributed by atoms with Gasteiger partial charge >= 0.3 is 5.97 Å². The number of hydrogen-bond acceptors (Lipinski definition) is 3. The quantitative estimate of drug-likeness (QED) is 0.906. The number of aliphatic carboxylic acids is 1. The van der Waals surface area contributed by atoms with Gasteiger partial charge in [0.1, 0.15) is 6.04 Å². The molecule has 1 amide bonds. The van der Waals surface area contributed by atoms with Crippen molar-refractivity contribution >= 4 is 11.9 Å². The van der Waals surface area contributed by atoms with Crippen LogP contribution in [-0.4, -0.2) is 41.1 Å². The Kier molecular flexibility index (Phi) is 3.60. The van der Waals surface area contributed by atoms with Gasteiger partial charge in [0, 0.05) is 6.54 Å². The number of carbonyl (C=O) groups is 2. The summed E-state index contributed by atoms with van der Waals surface area (Å²) in [5.74, 6) is -0.620. The topological polar surface area (TPSA) is 66.8 Å². The number of hydrogen-bond donors (Lipinski definition) is 1. The monoisotopic (exact) mass is 315 g/mol. The van der Waals surface area contributed by atoms with Crippen molar-refractivity contribution in [2.45, 2.75) is 37.8 Å². The van der Waals surface area contributed by atoms with Gasteiger partial charge in [0.2, 0.25) is 0 Å². The molecular formula is C18H21NO4. The number of likely N-dealkylation sites (tertiary alicyclic amines) is 1. The molecule has 3 aliphatic rings. The van der Waals surface area contributed by atoms with Crippen molar-refractivity contribution in [1.29, 1.82) is 0 Å². The van der Waals surface area contributed by atoms with Crippen molar-refractivity contribution < 1.29 is 19.4 Å². The molecule has 1 aliphatic carbocycles. The Balaban J connectivity index is 1.63. The fraction of sp³-hybridized carbons (Fsp3) is 0.556. The highest BCUT2D eigenvalue weighted by atomic mass is 16.5. The van der Waals surface area contributed by atoms with Gasteiger partial charge in [-0.1, -0.05) is 30.7 Å². The number of ether oxygens (including phenoxy) is 1. The fourth-order valence-corrected chi connectivity index (χ4v) is 4.60. The van der Waals surface area contributed by atoms with Crippen molar-refractivity contribution in [1.82, 2.24) is 4.90 Å².